The van der Waals surface area contributed by atoms with Crippen LogP contribution in [0.25, 0.3) is 0 Å². The van der Waals surface area contributed by atoms with Crippen LogP contribution in [-0.2, 0) is 9.59 Å². The van der Waals surface area contributed by atoms with Crippen LogP contribution in [0, 0.1) is 17.8 Å². The summed E-state index contributed by atoms with van der Waals surface area (Å²) in [7, 11) is 1.93. The van der Waals surface area contributed by atoms with Gasteiger partial charge in [-0.25, -0.2) is 0 Å². The van der Waals surface area contributed by atoms with Gasteiger partial charge in [-0.2, -0.15) is 0 Å². The summed E-state index contributed by atoms with van der Waals surface area (Å²) in [4.78, 5) is 33.4. The summed E-state index contributed by atoms with van der Waals surface area (Å²) >= 11 is 12.6. The average molecular weight is 521 g/mol. The van der Waals surface area contributed by atoms with E-state index in [4.69, 9.17) is 23.2 Å². The highest BCUT2D eigenvalue weighted by Gasteiger charge is 2.42. The lowest BCUT2D eigenvalue weighted by Crippen LogP contribution is -2.44. The van der Waals surface area contributed by atoms with Crippen LogP contribution in [0.2, 0.25) is 10.0 Å². The smallest absolute Gasteiger partial charge is 0.225 e. The molecule has 5 nitrogen and oxygen atoms in total. The molecule has 0 spiro atoms. The molecule has 0 aromatic heterocycles. The molecule has 1 aromatic carbocycles. The van der Waals surface area contributed by atoms with E-state index < -0.39 is 0 Å². The molecule has 4 fully saturated rings. The molecular formula is C28H39Cl2N3O2. The fourth-order valence-electron chi connectivity index (χ4n) is 6.51. The van der Waals surface area contributed by atoms with E-state index >= 15 is 0 Å². The van der Waals surface area contributed by atoms with Crippen molar-refractivity contribution in [3.63, 3.8) is 0 Å². The highest BCUT2D eigenvalue weighted by Crippen LogP contribution is 2.37. The molecule has 2 unspecified atom stereocenters. The van der Waals surface area contributed by atoms with E-state index in [0.29, 0.717) is 35.5 Å². The minimum Gasteiger partial charge on any atom is -0.340 e. The summed E-state index contributed by atoms with van der Waals surface area (Å²) in [6.45, 7) is 4.49. The van der Waals surface area contributed by atoms with Crippen molar-refractivity contribution in [2.75, 3.05) is 39.8 Å². The number of halogens is 2. The van der Waals surface area contributed by atoms with Crippen LogP contribution in [0.4, 0.5) is 0 Å². The van der Waals surface area contributed by atoms with Crippen molar-refractivity contribution in [3.8, 4) is 0 Å². The number of nitrogens with zero attached hydrogens (tertiary/aromatic N) is 3. The van der Waals surface area contributed by atoms with Crippen LogP contribution in [0.5, 0.6) is 0 Å². The molecule has 4 aliphatic rings. The van der Waals surface area contributed by atoms with E-state index in [2.05, 4.69) is 4.90 Å². The molecule has 2 aliphatic carbocycles. The first-order chi connectivity index (χ1) is 16.9. The number of carbonyl (C=O) groups is 2. The van der Waals surface area contributed by atoms with Crippen LogP contribution in [0.3, 0.4) is 0 Å². The molecule has 2 saturated carbocycles. The van der Waals surface area contributed by atoms with Gasteiger partial charge in [0.2, 0.25) is 11.8 Å². The van der Waals surface area contributed by atoms with Gasteiger partial charge in [-0.05, 0) is 81.1 Å². The number of likely N-dealkylation sites (tertiary alicyclic amines) is 2. The van der Waals surface area contributed by atoms with Gasteiger partial charge in [0.25, 0.3) is 0 Å². The number of amides is 2. The molecule has 2 saturated heterocycles. The Bertz CT molecular complexity index is 923. The maximum Gasteiger partial charge on any atom is 0.225 e. The predicted octanol–water partition coefficient (Wildman–Crippen LogP) is 5.45. The summed E-state index contributed by atoms with van der Waals surface area (Å²) in [6, 6.07) is 5.71. The van der Waals surface area contributed by atoms with Crippen molar-refractivity contribution in [2.45, 2.75) is 69.7 Å². The zero-order valence-electron chi connectivity index (χ0n) is 20.9. The van der Waals surface area contributed by atoms with Crippen molar-refractivity contribution >= 4 is 35.0 Å². The van der Waals surface area contributed by atoms with Gasteiger partial charge in [0, 0.05) is 44.9 Å². The number of hydrogen-bond acceptors (Lipinski definition) is 3. The molecular weight excluding hydrogens is 481 g/mol. The molecule has 5 rings (SSSR count). The number of carbonyl (C=O) groups excluding carboxylic acids is 2. The number of hydrogen-bond donors (Lipinski definition) is 0. The van der Waals surface area contributed by atoms with Crippen LogP contribution < -0.4 is 0 Å². The van der Waals surface area contributed by atoms with E-state index in [1.165, 1.54) is 32.2 Å². The lowest BCUT2D eigenvalue weighted by atomic mass is 9.92. The van der Waals surface area contributed by atoms with Crippen molar-refractivity contribution < 1.29 is 9.59 Å². The quantitative estimate of drug-likeness (QED) is 0.481. The molecule has 192 valence electrons. The van der Waals surface area contributed by atoms with Crippen molar-refractivity contribution in [2.24, 2.45) is 17.8 Å². The van der Waals surface area contributed by atoms with Crippen molar-refractivity contribution in [1.82, 2.24) is 14.7 Å². The molecule has 1 aromatic rings. The highest BCUT2D eigenvalue weighted by molar-refractivity contribution is 6.42. The van der Waals surface area contributed by atoms with Gasteiger partial charge in [-0.15, -0.1) is 0 Å². The normalized spacial score (nSPS) is 26.4. The fourth-order valence-corrected chi connectivity index (χ4v) is 6.81. The zero-order valence-corrected chi connectivity index (χ0v) is 22.4. The summed E-state index contributed by atoms with van der Waals surface area (Å²) in [5, 5.41) is 1.05. The first-order valence-corrected chi connectivity index (χ1v) is 14.4. The average Bonchev–Trinajstić information content (AvgIpc) is 3.32. The maximum atomic E-state index is 13.6. The SMILES string of the molecule is CN(C(=O)CC1CCCC1)C1CN(C(=O)C2CCN(CC3CC3)CC2)CC1c1ccc(Cl)c(Cl)c1. The standard InChI is InChI=1S/C28H39Cl2N3O2/c1-31(27(34)14-19-4-2-3-5-19)26-18-33(17-23(26)22-8-9-24(29)25(30)15-22)28(35)21-10-12-32(13-11-21)16-20-6-7-20/h8-9,15,19-21,23,26H,2-7,10-14,16-18H2,1H3. The second kappa shape index (κ2) is 11.0. The zero-order chi connectivity index (χ0) is 24.5. The van der Waals surface area contributed by atoms with Gasteiger partial charge in [0.05, 0.1) is 16.1 Å². The summed E-state index contributed by atoms with van der Waals surface area (Å²) < 4.78 is 0. The molecule has 0 bridgehead atoms. The van der Waals surface area contributed by atoms with Gasteiger partial charge >= 0.3 is 0 Å². The van der Waals surface area contributed by atoms with E-state index in [1.807, 2.05) is 35.0 Å². The lowest BCUT2D eigenvalue weighted by Gasteiger charge is -2.33. The summed E-state index contributed by atoms with van der Waals surface area (Å²) in [6.07, 6.45) is 10.0. The molecule has 35 heavy (non-hydrogen) atoms. The Morgan fingerprint density at radius 2 is 1.66 bits per heavy atom. The first-order valence-electron chi connectivity index (χ1n) is 13.6. The third-order valence-electron chi connectivity index (χ3n) is 8.95. The third kappa shape index (κ3) is 5.99. The second-order valence-corrected chi connectivity index (χ2v) is 12.3. The molecule has 7 heteroatoms. The van der Waals surface area contributed by atoms with Crippen LogP contribution in [0.1, 0.15) is 69.3 Å². The minimum absolute atomic E-state index is 0.0416. The minimum atomic E-state index is -0.0416. The van der Waals surface area contributed by atoms with Gasteiger partial charge in [0.15, 0.2) is 0 Å². The highest BCUT2D eigenvalue weighted by atomic mass is 35.5. The Morgan fingerprint density at radius 1 is 0.943 bits per heavy atom. The van der Waals surface area contributed by atoms with E-state index in [9.17, 15) is 9.59 Å². The molecule has 0 N–H and O–H groups in total. The Morgan fingerprint density at radius 3 is 2.31 bits per heavy atom. The predicted molar refractivity (Wildman–Crippen MR) is 141 cm³/mol. The topological polar surface area (TPSA) is 43.9 Å². The van der Waals surface area contributed by atoms with Gasteiger partial charge in [0.1, 0.15) is 0 Å². The Kier molecular flexibility index (Phi) is 7.96. The summed E-state index contributed by atoms with van der Waals surface area (Å²) in [5.41, 5.74) is 1.06. The second-order valence-electron chi connectivity index (χ2n) is 11.5. The van der Waals surface area contributed by atoms with Gasteiger partial charge in [-0.3, -0.25) is 9.59 Å². The molecule has 2 heterocycles. The Balaban J connectivity index is 1.28. The first kappa shape index (κ1) is 25.4. The molecule has 2 atom stereocenters. The Hall–Kier alpha value is -1.30. The number of piperidine rings is 1. The largest absolute Gasteiger partial charge is 0.340 e. The monoisotopic (exact) mass is 519 g/mol. The summed E-state index contributed by atoms with van der Waals surface area (Å²) in [5.74, 6) is 2.01. The number of benzene rings is 1. The van der Waals surface area contributed by atoms with E-state index in [0.717, 1.165) is 50.3 Å². The van der Waals surface area contributed by atoms with Crippen molar-refractivity contribution in [1.29, 1.82) is 0 Å². The van der Waals surface area contributed by atoms with E-state index in [-0.39, 0.29) is 29.7 Å². The maximum absolute atomic E-state index is 13.6. The van der Waals surface area contributed by atoms with Gasteiger partial charge < -0.3 is 14.7 Å². The van der Waals surface area contributed by atoms with Crippen LogP contribution in [-0.4, -0.2) is 72.3 Å². The molecule has 0 radical (unpaired) electrons. The van der Waals surface area contributed by atoms with Crippen LogP contribution in [0.15, 0.2) is 18.2 Å². The Labute approximate surface area is 220 Å². The molecule has 2 aliphatic heterocycles. The van der Waals surface area contributed by atoms with Gasteiger partial charge in [-0.1, -0.05) is 42.1 Å². The lowest BCUT2D eigenvalue weighted by molar-refractivity contribution is -0.137. The third-order valence-corrected chi connectivity index (χ3v) is 9.69. The fraction of sp³-hybridized carbons (Fsp3) is 0.714. The van der Waals surface area contributed by atoms with E-state index in [1.54, 1.807) is 0 Å². The number of rotatable bonds is 7. The number of likely N-dealkylation sites (N-methyl/N-ethyl adjacent to an activating group) is 1. The molecule has 2 amide bonds. The van der Waals surface area contributed by atoms with Crippen molar-refractivity contribution in [3.05, 3.63) is 33.8 Å². The van der Waals surface area contributed by atoms with Crippen LogP contribution >= 0.6 is 23.2 Å².